The third-order valence-corrected chi connectivity index (χ3v) is 5.17. The van der Waals surface area contributed by atoms with Gasteiger partial charge in [-0.25, -0.2) is 4.39 Å². The van der Waals surface area contributed by atoms with Gasteiger partial charge in [-0.15, -0.1) is 0 Å². The van der Waals surface area contributed by atoms with E-state index in [0.29, 0.717) is 24.3 Å². The SMILES string of the molecule is COc1ccc(C(O)=C2C(=O)C(=O)N(CCCN(C)C)[C@H]2c2cccc(F)c2)c(O)c1. The molecule has 7 nitrogen and oxygen atoms in total. The number of Topliss-reactive ketones (excluding diaryl/α,β-unsaturated/α-hetero) is 1. The summed E-state index contributed by atoms with van der Waals surface area (Å²) >= 11 is 0. The van der Waals surface area contributed by atoms with Crippen molar-refractivity contribution < 1.29 is 28.9 Å². The maximum Gasteiger partial charge on any atom is 0.295 e. The van der Waals surface area contributed by atoms with Crippen LogP contribution >= 0.6 is 0 Å². The molecular weight excluding hydrogens is 403 g/mol. The summed E-state index contributed by atoms with van der Waals surface area (Å²) in [5, 5.41) is 21.3. The first-order valence-electron chi connectivity index (χ1n) is 9.80. The summed E-state index contributed by atoms with van der Waals surface area (Å²) in [5.74, 6) is -2.66. The third-order valence-electron chi connectivity index (χ3n) is 5.17. The zero-order valence-corrected chi connectivity index (χ0v) is 17.6. The van der Waals surface area contributed by atoms with Gasteiger partial charge in [0.1, 0.15) is 23.1 Å². The van der Waals surface area contributed by atoms with Gasteiger partial charge in [0.05, 0.1) is 24.3 Å². The summed E-state index contributed by atoms with van der Waals surface area (Å²) in [6.07, 6.45) is 0.583. The van der Waals surface area contributed by atoms with Crippen LogP contribution in [0.25, 0.3) is 5.76 Å². The van der Waals surface area contributed by atoms with Crippen LogP contribution < -0.4 is 4.74 Å². The quantitative estimate of drug-likeness (QED) is 0.400. The number of phenols is 1. The van der Waals surface area contributed by atoms with Gasteiger partial charge in [0, 0.05) is 12.6 Å². The Kier molecular flexibility index (Phi) is 6.60. The molecular formula is C23H25FN2O5. The first-order valence-corrected chi connectivity index (χ1v) is 9.80. The number of aromatic hydroxyl groups is 1. The molecule has 1 fully saturated rings. The minimum atomic E-state index is -0.973. The van der Waals surface area contributed by atoms with Crippen molar-refractivity contribution in [2.45, 2.75) is 12.5 Å². The lowest BCUT2D eigenvalue weighted by Gasteiger charge is -2.26. The highest BCUT2D eigenvalue weighted by Gasteiger charge is 2.46. The Morgan fingerprint density at radius 2 is 1.94 bits per heavy atom. The summed E-state index contributed by atoms with van der Waals surface area (Å²) in [6, 6.07) is 8.80. The van der Waals surface area contributed by atoms with E-state index in [1.54, 1.807) is 6.07 Å². The van der Waals surface area contributed by atoms with Crippen LogP contribution in [0.5, 0.6) is 11.5 Å². The zero-order valence-electron chi connectivity index (χ0n) is 17.6. The number of ether oxygens (including phenoxy) is 1. The van der Waals surface area contributed by atoms with Crippen LogP contribution in [0, 0.1) is 5.82 Å². The molecule has 1 aliphatic rings. The largest absolute Gasteiger partial charge is 0.507 e. The van der Waals surface area contributed by atoms with Crippen molar-refractivity contribution in [1.29, 1.82) is 0 Å². The van der Waals surface area contributed by atoms with Crippen molar-refractivity contribution in [2.75, 3.05) is 34.3 Å². The molecule has 2 N–H and O–H groups in total. The normalized spacial score (nSPS) is 18.1. The summed E-state index contributed by atoms with van der Waals surface area (Å²) in [5.41, 5.74) is 0.146. The van der Waals surface area contributed by atoms with E-state index in [0.717, 1.165) is 0 Å². The Balaban J connectivity index is 2.12. The number of phenolic OH excluding ortho intramolecular Hbond substituents is 1. The fraction of sp³-hybridized carbons (Fsp3) is 0.304. The van der Waals surface area contributed by atoms with Crippen LogP contribution in [0.4, 0.5) is 4.39 Å². The molecule has 0 bridgehead atoms. The number of aliphatic hydroxyl groups is 1. The molecule has 0 radical (unpaired) electrons. The lowest BCUT2D eigenvalue weighted by Crippen LogP contribution is -2.32. The Bertz CT molecular complexity index is 1030. The van der Waals surface area contributed by atoms with Crippen LogP contribution in [0.3, 0.4) is 0 Å². The number of carbonyl (C=O) groups is 2. The summed E-state index contributed by atoms with van der Waals surface area (Å²) < 4.78 is 19.0. The predicted octanol–water partition coefficient (Wildman–Crippen LogP) is 2.91. The second-order valence-corrected chi connectivity index (χ2v) is 7.59. The maximum atomic E-state index is 14.0. The minimum absolute atomic E-state index is 0.0199. The summed E-state index contributed by atoms with van der Waals surface area (Å²) in [6.45, 7) is 0.924. The van der Waals surface area contributed by atoms with Crippen LogP contribution in [0.15, 0.2) is 48.0 Å². The molecule has 1 saturated heterocycles. The number of aliphatic hydroxyl groups excluding tert-OH is 1. The fourth-order valence-corrected chi connectivity index (χ4v) is 3.67. The lowest BCUT2D eigenvalue weighted by atomic mass is 9.95. The van der Waals surface area contributed by atoms with Crippen molar-refractivity contribution in [2.24, 2.45) is 0 Å². The monoisotopic (exact) mass is 428 g/mol. The smallest absolute Gasteiger partial charge is 0.295 e. The zero-order chi connectivity index (χ0) is 22.7. The number of halogens is 1. The molecule has 164 valence electrons. The topological polar surface area (TPSA) is 90.3 Å². The molecule has 31 heavy (non-hydrogen) atoms. The Hall–Kier alpha value is -3.39. The second-order valence-electron chi connectivity index (χ2n) is 7.59. The van der Waals surface area contributed by atoms with Crippen LogP contribution in [0.2, 0.25) is 0 Å². The number of amides is 1. The van der Waals surface area contributed by atoms with Crippen LogP contribution in [-0.4, -0.2) is 66.0 Å². The van der Waals surface area contributed by atoms with Gasteiger partial charge in [0.15, 0.2) is 0 Å². The summed E-state index contributed by atoms with van der Waals surface area (Å²) in [7, 11) is 5.22. The molecule has 2 aromatic carbocycles. The predicted molar refractivity (Wildman–Crippen MR) is 113 cm³/mol. The number of benzene rings is 2. The average molecular weight is 428 g/mol. The number of hydrogen-bond acceptors (Lipinski definition) is 6. The van der Waals surface area contributed by atoms with Gasteiger partial charge >= 0.3 is 0 Å². The molecule has 0 aromatic heterocycles. The van der Waals surface area contributed by atoms with Gasteiger partial charge in [0.2, 0.25) is 0 Å². The van der Waals surface area contributed by atoms with E-state index < -0.39 is 29.3 Å². The summed E-state index contributed by atoms with van der Waals surface area (Å²) in [4.78, 5) is 29.0. The van der Waals surface area contributed by atoms with E-state index in [9.17, 15) is 24.2 Å². The van der Waals surface area contributed by atoms with Crippen molar-refractivity contribution >= 4 is 17.4 Å². The molecule has 2 aromatic rings. The maximum absolute atomic E-state index is 14.0. The lowest BCUT2D eigenvalue weighted by molar-refractivity contribution is -0.139. The molecule has 1 atom stereocenters. The van der Waals surface area contributed by atoms with Gasteiger partial charge < -0.3 is 24.7 Å². The van der Waals surface area contributed by atoms with E-state index in [1.165, 1.54) is 48.4 Å². The molecule has 1 amide bonds. The van der Waals surface area contributed by atoms with Gasteiger partial charge in [0.25, 0.3) is 11.7 Å². The van der Waals surface area contributed by atoms with Gasteiger partial charge in [-0.3, -0.25) is 9.59 Å². The van der Waals surface area contributed by atoms with E-state index >= 15 is 0 Å². The first kappa shape index (κ1) is 22.3. The van der Waals surface area contributed by atoms with Crippen molar-refractivity contribution in [3.63, 3.8) is 0 Å². The molecule has 8 heteroatoms. The molecule has 1 heterocycles. The second kappa shape index (κ2) is 9.18. The number of carbonyl (C=O) groups excluding carboxylic acids is 2. The number of ketones is 1. The van der Waals surface area contributed by atoms with Gasteiger partial charge in [-0.1, -0.05) is 12.1 Å². The highest BCUT2D eigenvalue weighted by Crippen LogP contribution is 2.41. The first-order chi connectivity index (χ1) is 14.7. The van der Waals surface area contributed by atoms with Crippen molar-refractivity contribution in [1.82, 2.24) is 9.80 Å². The van der Waals surface area contributed by atoms with Gasteiger partial charge in [-0.2, -0.15) is 0 Å². The van der Waals surface area contributed by atoms with E-state index in [-0.39, 0.29) is 23.4 Å². The van der Waals surface area contributed by atoms with Crippen molar-refractivity contribution in [3.05, 3.63) is 65.0 Å². The number of methoxy groups -OCH3 is 1. The Morgan fingerprint density at radius 3 is 2.55 bits per heavy atom. The number of likely N-dealkylation sites (tertiary alicyclic amines) is 1. The standard InChI is InChI=1S/C23H25FN2O5/c1-25(2)10-5-11-26-20(14-6-4-7-15(24)12-14)19(22(29)23(26)30)21(28)17-9-8-16(31-3)13-18(17)27/h4,6-9,12-13,20,27-28H,5,10-11H2,1-3H3/t20-/m0/s1. The van der Waals surface area contributed by atoms with Gasteiger partial charge in [-0.05, 0) is 56.9 Å². The van der Waals surface area contributed by atoms with E-state index in [2.05, 4.69) is 0 Å². The number of nitrogens with zero attached hydrogens (tertiary/aromatic N) is 2. The Labute approximate surface area is 180 Å². The molecule has 1 aliphatic heterocycles. The minimum Gasteiger partial charge on any atom is -0.507 e. The highest BCUT2D eigenvalue weighted by molar-refractivity contribution is 6.46. The third kappa shape index (κ3) is 4.54. The highest BCUT2D eigenvalue weighted by atomic mass is 19.1. The number of hydrogen-bond donors (Lipinski definition) is 2. The van der Waals surface area contributed by atoms with E-state index in [1.807, 2.05) is 19.0 Å². The Morgan fingerprint density at radius 1 is 1.19 bits per heavy atom. The molecule has 0 spiro atoms. The molecule has 0 unspecified atom stereocenters. The molecule has 0 aliphatic carbocycles. The van der Waals surface area contributed by atoms with Crippen LogP contribution in [0.1, 0.15) is 23.6 Å². The average Bonchev–Trinajstić information content (AvgIpc) is 2.98. The number of rotatable bonds is 7. The molecule has 0 saturated carbocycles. The van der Waals surface area contributed by atoms with Crippen molar-refractivity contribution in [3.8, 4) is 11.5 Å². The van der Waals surface area contributed by atoms with Crippen LogP contribution in [-0.2, 0) is 9.59 Å². The fourth-order valence-electron chi connectivity index (χ4n) is 3.67. The van der Waals surface area contributed by atoms with E-state index in [4.69, 9.17) is 4.74 Å². The molecule has 3 rings (SSSR count).